The summed E-state index contributed by atoms with van der Waals surface area (Å²) in [6.07, 6.45) is 5.15. The van der Waals surface area contributed by atoms with Gasteiger partial charge in [0.1, 0.15) is 5.75 Å². The number of aromatic amines is 1. The van der Waals surface area contributed by atoms with Crippen LogP contribution in [0.15, 0.2) is 71.8 Å². The molecule has 0 saturated carbocycles. The topological polar surface area (TPSA) is 100 Å². The van der Waals surface area contributed by atoms with E-state index in [1.807, 2.05) is 31.3 Å². The number of anilines is 3. The van der Waals surface area contributed by atoms with E-state index in [2.05, 4.69) is 49.0 Å². The fourth-order valence-electron chi connectivity index (χ4n) is 4.07. The van der Waals surface area contributed by atoms with Crippen LogP contribution in [0.1, 0.15) is 12.8 Å². The van der Waals surface area contributed by atoms with Gasteiger partial charge in [-0.05, 0) is 61.4 Å². The van der Waals surface area contributed by atoms with Crippen molar-refractivity contribution < 1.29 is 4.74 Å². The molecule has 1 saturated heterocycles. The number of nitrogens with one attached hydrogen (secondary N) is 1. The van der Waals surface area contributed by atoms with Crippen LogP contribution in [0.25, 0.3) is 10.9 Å². The van der Waals surface area contributed by atoms with E-state index in [1.165, 1.54) is 5.69 Å². The van der Waals surface area contributed by atoms with Crippen molar-refractivity contribution in [1.29, 1.82) is 0 Å². The average Bonchev–Trinajstić information content (AvgIpc) is 2.85. The molecule has 1 aliphatic heterocycles. The lowest BCUT2D eigenvalue weighted by molar-refractivity contribution is 0.443. The Balaban J connectivity index is 1.31. The number of ether oxygens (including phenoxy) is 1. The number of nitrogens with two attached hydrogens (primary N) is 1. The third-order valence-corrected chi connectivity index (χ3v) is 6.05. The molecule has 8 heteroatoms. The first-order valence-electron chi connectivity index (χ1n) is 11.0. The number of aromatic nitrogens is 3. The number of pyridine rings is 1. The van der Waals surface area contributed by atoms with Gasteiger partial charge in [-0.15, -0.1) is 0 Å². The van der Waals surface area contributed by atoms with E-state index in [1.54, 1.807) is 18.5 Å². The molecule has 3 N–H and O–H groups in total. The highest BCUT2D eigenvalue weighted by Gasteiger charge is 2.17. The molecule has 0 spiro atoms. The van der Waals surface area contributed by atoms with Gasteiger partial charge in [0.05, 0.1) is 17.1 Å². The van der Waals surface area contributed by atoms with Gasteiger partial charge in [0.25, 0.3) is 5.56 Å². The highest BCUT2D eigenvalue weighted by Crippen LogP contribution is 2.30. The van der Waals surface area contributed by atoms with E-state index in [0.717, 1.165) is 37.3 Å². The molecule has 0 bridgehead atoms. The van der Waals surface area contributed by atoms with Crippen LogP contribution in [0.4, 0.5) is 17.1 Å². The summed E-state index contributed by atoms with van der Waals surface area (Å²) in [7, 11) is 2.04. The van der Waals surface area contributed by atoms with E-state index in [-0.39, 0.29) is 11.6 Å². The maximum atomic E-state index is 12.2. The number of nitrogens with zero attached hydrogens (tertiary/aromatic N) is 4. The lowest BCUT2D eigenvalue weighted by atomic mass is 10.1. The van der Waals surface area contributed by atoms with Crippen molar-refractivity contribution in [3.8, 4) is 11.8 Å². The van der Waals surface area contributed by atoms with E-state index in [9.17, 15) is 4.79 Å². The molecule has 0 aliphatic carbocycles. The highest BCUT2D eigenvalue weighted by molar-refractivity contribution is 5.76. The normalized spacial score (nSPS) is 14.4. The second-order valence-electron chi connectivity index (χ2n) is 8.26. The first-order valence-corrected chi connectivity index (χ1v) is 11.0. The minimum absolute atomic E-state index is 0.135. The summed E-state index contributed by atoms with van der Waals surface area (Å²) in [5.41, 5.74) is 9.62. The third-order valence-electron chi connectivity index (χ3n) is 6.05. The fourth-order valence-corrected chi connectivity index (χ4v) is 4.07. The molecule has 8 nitrogen and oxygen atoms in total. The van der Waals surface area contributed by atoms with Crippen LogP contribution < -0.4 is 25.8 Å². The number of hydrogen-bond acceptors (Lipinski definition) is 7. The minimum Gasteiger partial charge on any atom is -0.426 e. The third kappa shape index (κ3) is 4.51. The predicted octanol–water partition coefficient (Wildman–Crippen LogP) is 3.81. The van der Waals surface area contributed by atoms with E-state index < -0.39 is 0 Å². The molecule has 2 aromatic carbocycles. The number of piperidine rings is 1. The van der Waals surface area contributed by atoms with Gasteiger partial charge in [0.2, 0.25) is 0 Å². The quantitative estimate of drug-likeness (QED) is 0.485. The molecule has 4 aromatic rings. The monoisotopic (exact) mass is 442 g/mol. The molecular formula is C25H26N6O2. The first kappa shape index (κ1) is 21.0. The first-order chi connectivity index (χ1) is 16.1. The Labute approximate surface area is 191 Å². The van der Waals surface area contributed by atoms with Crippen LogP contribution >= 0.6 is 0 Å². The molecule has 1 aliphatic rings. The SMILES string of the molecule is CN(c1ccc(Oc2nc3cnccc3c(=O)[nH]2)cc1)c1cccc(N2CCC(N)CC2)c1. The Bertz CT molecular complexity index is 1310. The summed E-state index contributed by atoms with van der Waals surface area (Å²) in [5.74, 6) is 0.581. The van der Waals surface area contributed by atoms with Gasteiger partial charge in [-0.1, -0.05) is 6.07 Å². The Hall–Kier alpha value is -3.91. The van der Waals surface area contributed by atoms with Crippen molar-refractivity contribution in [1.82, 2.24) is 15.0 Å². The van der Waals surface area contributed by atoms with Crippen molar-refractivity contribution in [3.63, 3.8) is 0 Å². The maximum Gasteiger partial charge on any atom is 0.302 e. The van der Waals surface area contributed by atoms with Crippen LogP contribution in [0.5, 0.6) is 11.8 Å². The van der Waals surface area contributed by atoms with Gasteiger partial charge < -0.3 is 20.3 Å². The number of hydrogen-bond donors (Lipinski definition) is 2. The summed E-state index contributed by atoms with van der Waals surface area (Å²) in [6.45, 7) is 1.97. The largest absolute Gasteiger partial charge is 0.426 e. The molecule has 0 amide bonds. The van der Waals surface area contributed by atoms with Crippen LogP contribution in [-0.2, 0) is 0 Å². The number of benzene rings is 2. The van der Waals surface area contributed by atoms with Crippen LogP contribution in [-0.4, -0.2) is 41.1 Å². The second-order valence-corrected chi connectivity index (χ2v) is 8.26. The Morgan fingerprint density at radius 2 is 1.88 bits per heavy atom. The van der Waals surface area contributed by atoms with Crippen molar-refractivity contribution in [2.45, 2.75) is 18.9 Å². The lowest BCUT2D eigenvalue weighted by Crippen LogP contribution is -2.39. The van der Waals surface area contributed by atoms with Gasteiger partial charge in [-0.3, -0.25) is 14.8 Å². The molecule has 3 heterocycles. The summed E-state index contributed by atoms with van der Waals surface area (Å²) < 4.78 is 5.78. The Kier molecular flexibility index (Phi) is 5.66. The summed E-state index contributed by atoms with van der Waals surface area (Å²) in [6, 6.07) is 18.3. The summed E-state index contributed by atoms with van der Waals surface area (Å²) in [5, 5.41) is 0.476. The van der Waals surface area contributed by atoms with E-state index >= 15 is 0 Å². The van der Waals surface area contributed by atoms with Gasteiger partial charge in [-0.25, -0.2) is 0 Å². The lowest BCUT2D eigenvalue weighted by Gasteiger charge is -2.32. The number of fused-ring (bicyclic) bond motifs is 1. The van der Waals surface area contributed by atoms with Crippen molar-refractivity contribution in [2.75, 3.05) is 29.9 Å². The van der Waals surface area contributed by atoms with Gasteiger partial charge in [0.15, 0.2) is 0 Å². The highest BCUT2D eigenvalue weighted by atomic mass is 16.5. The molecule has 1 fully saturated rings. The van der Waals surface area contributed by atoms with Gasteiger partial charge >= 0.3 is 6.01 Å². The molecule has 5 rings (SSSR count). The van der Waals surface area contributed by atoms with Gasteiger partial charge in [0, 0.05) is 49.4 Å². The fraction of sp³-hybridized carbons (Fsp3) is 0.240. The maximum absolute atomic E-state index is 12.2. The molecule has 168 valence electrons. The summed E-state index contributed by atoms with van der Waals surface area (Å²) >= 11 is 0. The van der Waals surface area contributed by atoms with Crippen molar-refractivity contribution in [2.24, 2.45) is 5.73 Å². The zero-order valence-corrected chi connectivity index (χ0v) is 18.4. The van der Waals surface area contributed by atoms with Crippen LogP contribution in [0.2, 0.25) is 0 Å². The minimum atomic E-state index is -0.260. The van der Waals surface area contributed by atoms with E-state index in [0.29, 0.717) is 22.7 Å². The number of rotatable bonds is 5. The van der Waals surface area contributed by atoms with Crippen LogP contribution in [0, 0.1) is 0 Å². The predicted molar refractivity (Wildman–Crippen MR) is 131 cm³/mol. The zero-order valence-electron chi connectivity index (χ0n) is 18.4. The van der Waals surface area contributed by atoms with E-state index in [4.69, 9.17) is 10.5 Å². The molecule has 0 unspecified atom stereocenters. The van der Waals surface area contributed by atoms with Crippen molar-refractivity contribution >= 4 is 28.0 Å². The smallest absolute Gasteiger partial charge is 0.302 e. The van der Waals surface area contributed by atoms with Crippen molar-refractivity contribution in [3.05, 3.63) is 77.3 Å². The Morgan fingerprint density at radius 1 is 1.09 bits per heavy atom. The van der Waals surface area contributed by atoms with Gasteiger partial charge in [-0.2, -0.15) is 4.98 Å². The summed E-state index contributed by atoms with van der Waals surface area (Å²) in [4.78, 5) is 27.8. The second kappa shape index (κ2) is 8.91. The molecule has 0 radical (unpaired) electrons. The number of H-pyrrole nitrogens is 1. The van der Waals surface area contributed by atoms with Crippen LogP contribution in [0.3, 0.4) is 0 Å². The Morgan fingerprint density at radius 3 is 2.67 bits per heavy atom. The molecule has 33 heavy (non-hydrogen) atoms. The zero-order chi connectivity index (χ0) is 22.8. The standard InChI is InChI=1S/C25H26N6O2/c1-30(19-3-2-4-20(15-19)31-13-10-17(26)11-14-31)18-5-7-21(8-6-18)33-25-28-23-16-27-12-9-22(23)24(32)29-25/h2-9,12,15-17H,10-11,13-14,26H2,1H3,(H,28,29,32). The average molecular weight is 443 g/mol. The molecule has 0 atom stereocenters. The molecule has 2 aromatic heterocycles. The molecular weight excluding hydrogens is 416 g/mol.